The van der Waals surface area contributed by atoms with E-state index >= 15 is 0 Å². The molecule has 6 heteroatoms. The van der Waals surface area contributed by atoms with Crippen LogP contribution in [-0.4, -0.2) is 15.5 Å². The number of thiophene rings is 1. The van der Waals surface area contributed by atoms with Crippen LogP contribution in [0.5, 0.6) is 0 Å². The molecule has 2 heterocycles. The highest BCUT2D eigenvalue weighted by Gasteiger charge is 2.19. The van der Waals surface area contributed by atoms with E-state index in [9.17, 15) is 9.59 Å². The first-order valence-corrected chi connectivity index (χ1v) is 10.3. The average molecular weight is 382 g/mol. The Hall–Kier alpha value is -2.47. The molecule has 4 rings (SSSR count). The highest BCUT2D eigenvalue weighted by molar-refractivity contribution is 7.18. The molecule has 1 aliphatic rings. The number of hydrogen-bond acceptors (Lipinski definition) is 4. The number of amides is 1. The maximum Gasteiger partial charge on any atom is 0.262 e. The van der Waals surface area contributed by atoms with Crippen LogP contribution in [0.3, 0.4) is 0 Å². The summed E-state index contributed by atoms with van der Waals surface area (Å²) >= 11 is 1.64. The number of benzene rings is 1. The predicted octanol–water partition coefficient (Wildman–Crippen LogP) is 3.35. The molecular formula is C21H23N3O2S. The van der Waals surface area contributed by atoms with Crippen molar-refractivity contribution in [1.29, 1.82) is 0 Å². The van der Waals surface area contributed by atoms with Gasteiger partial charge in [-0.05, 0) is 43.7 Å². The van der Waals surface area contributed by atoms with Gasteiger partial charge >= 0.3 is 0 Å². The molecule has 0 fully saturated rings. The van der Waals surface area contributed by atoms with Crippen molar-refractivity contribution >= 4 is 27.5 Å². The highest BCUT2D eigenvalue weighted by atomic mass is 32.1. The third kappa shape index (κ3) is 3.81. The van der Waals surface area contributed by atoms with Gasteiger partial charge in [-0.15, -0.1) is 11.3 Å². The lowest BCUT2D eigenvalue weighted by atomic mass is 10.1. The summed E-state index contributed by atoms with van der Waals surface area (Å²) in [4.78, 5) is 31.9. The summed E-state index contributed by atoms with van der Waals surface area (Å²) in [7, 11) is 0. The summed E-state index contributed by atoms with van der Waals surface area (Å²) in [5.74, 6) is -0.180. The zero-order chi connectivity index (χ0) is 18.8. The second-order valence-electron chi connectivity index (χ2n) is 7.18. The third-order valence-electron chi connectivity index (χ3n) is 5.12. The third-order valence-corrected chi connectivity index (χ3v) is 6.32. The summed E-state index contributed by atoms with van der Waals surface area (Å²) in [6.45, 7) is 2.48. The summed E-state index contributed by atoms with van der Waals surface area (Å²) < 4.78 is 1.44. The van der Waals surface area contributed by atoms with Crippen molar-refractivity contribution in [3.8, 4) is 0 Å². The van der Waals surface area contributed by atoms with Gasteiger partial charge in [0.25, 0.3) is 5.56 Å². The molecule has 0 saturated heterocycles. The number of carbonyl (C=O) groups excluding carboxylic acids is 1. The molecule has 1 amide bonds. The van der Waals surface area contributed by atoms with Gasteiger partial charge in [-0.1, -0.05) is 36.2 Å². The number of fused-ring (bicyclic) bond motifs is 3. The van der Waals surface area contributed by atoms with E-state index in [0.29, 0.717) is 6.54 Å². The van der Waals surface area contributed by atoms with Gasteiger partial charge < -0.3 is 5.32 Å². The first-order chi connectivity index (χ1) is 13.1. The second-order valence-corrected chi connectivity index (χ2v) is 8.27. The lowest BCUT2D eigenvalue weighted by molar-refractivity contribution is -0.121. The largest absolute Gasteiger partial charge is 0.350 e. The molecule has 1 N–H and O–H groups in total. The number of hydrogen-bond donors (Lipinski definition) is 1. The molecule has 0 unspecified atom stereocenters. The minimum atomic E-state index is -0.180. The topological polar surface area (TPSA) is 64.0 Å². The first-order valence-electron chi connectivity index (χ1n) is 9.44. The smallest absolute Gasteiger partial charge is 0.262 e. The Balaban J connectivity index is 1.52. The normalized spacial score (nSPS) is 14.0. The second kappa shape index (κ2) is 7.64. The molecule has 5 nitrogen and oxygen atoms in total. The Kier molecular flexibility index (Phi) is 5.07. The van der Waals surface area contributed by atoms with E-state index in [1.807, 2.05) is 31.2 Å². The van der Waals surface area contributed by atoms with E-state index in [2.05, 4.69) is 10.3 Å². The Morgan fingerprint density at radius 3 is 2.78 bits per heavy atom. The molecule has 3 aromatic rings. The Labute approximate surface area is 162 Å². The van der Waals surface area contributed by atoms with Crippen LogP contribution in [-0.2, 0) is 30.7 Å². The number of rotatable bonds is 4. The first kappa shape index (κ1) is 17.9. The quantitative estimate of drug-likeness (QED) is 0.705. The molecule has 0 spiro atoms. The zero-order valence-corrected chi connectivity index (χ0v) is 16.3. The van der Waals surface area contributed by atoms with Crippen LogP contribution in [0.25, 0.3) is 10.2 Å². The number of aromatic nitrogens is 2. The van der Waals surface area contributed by atoms with Gasteiger partial charge in [0.1, 0.15) is 11.4 Å². The van der Waals surface area contributed by atoms with E-state index in [1.165, 1.54) is 39.7 Å². The number of nitrogens with one attached hydrogen (secondary N) is 1. The van der Waals surface area contributed by atoms with Crippen molar-refractivity contribution in [1.82, 2.24) is 14.9 Å². The molecule has 0 aliphatic heterocycles. The summed E-state index contributed by atoms with van der Waals surface area (Å²) in [5, 5.41) is 3.61. The summed E-state index contributed by atoms with van der Waals surface area (Å²) in [6, 6.07) is 8.03. The number of carbonyl (C=O) groups is 1. The van der Waals surface area contributed by atoms with Crippen LogP contribution in [0.1, 0.15) is 40.8 Å². The van der Waals surface area contributed by atoms with E-state index < -0.39 is 0 Å². The molecule has 27 heavy (non-hydrogen) atoms. The Morgan fingerprint density at radius 2 is 1.96 bits per heavy atom. The molecule has 0 saturated carbocycles. The Bertz CT molecular complexity index is 1030. The van der Waals surface area contributed by atoms with E-state index in [1.54, 1.807) is 11.3 Å². The minimum Gasteiger partial charge on any atom is -0.350 e. The highest BCUT2D eigenvalue weighted by Crippen LogP contribution is 2.32. The lowest BCUT2D eigenvalue weighted by Gasteiger charge is -2.08. The van der Waals surface area contributed by atoms with Crippen molar-refractivity contribution < 1.29 is 4.79 Å². The van der Waals surface area contributed by atoms with Crippen LogP contribution in [0.4, 0.5) is 0 Å². The fourth-order valence-corrected chi connectivity index (χ4v) is 4.81. The lowest BCUT2D eigenvalue weighted by Crippen LogP contribution is -2.32. The average Bonchev–Trinajstić information content (AvgIpc) is 2.86. The minimum absolute atomic E-state index is 0.00173. The zero-order valence-electron chi connectivity index (χ0n) is 15.5. The van der Waals surface area contributed by atoms with E-state index in [4.69, 9.17) is 0 Å². The molecule has 0 atom stereocenters. The van der Waals surface area contributed by atoms with Gasteiger partial charge in [-0.2, -0.15) is 0 Å². The molecule has 1 aromatic carbocycles. The maximum atomic E-state index is 13.0. The van der Waals surface area contributed by atoms with Gasteiger partial charge in [0.2, 0.25) is 5.91 Å². The van der Waals surface area contributed by atoms with Crippen molar-refractivity contribution in [2.24, 2.45) is 0 Å². The van der Waals surface area contributed by atoms with Gasteiger partial charge in [-0.3, -0.25) is 14.2 Å². The summed E-state index contributed by atoms with van der Waals surface area (Å²) in [6.07, 6.45) is 6.98. The van der Waals surface area contributed by atoms with Gasteiger partial charge in [0.05, 0.1) is 11.7 Å². The van der Waals surface area contributed by atoms with Crippen molar-refractivity contribution in [3.05, 3.63) is 62.5 Å². The maximum absolute atomic E-state index is 13.0. The summed E-state index contributed by atoms with van der Waals surface area (Å²) in [5.41, 5.74) is 3.30. The number of nitrogens with zero attached hydrogens (tertiary/aromatic N) is 2. The molecule has 140 valence electrons. The Morgan fingerprint density at radius 1 is 1.19 bits per heavy atom. The SMILES string of the molecule is Cc1ccc(CNC(=O)Cn2cnc3sc4c(c3c2=O)CCCCC4)cc1. The molecule has 0 radical (unpaired) electrons. The van der Waals surface area contributed by atoms with E-state index in [-0.39, 0.29) is 18.0 Å². The molecule has 1 aliphatic carbocycles. The molecule has 2 aromatic heterocycles. The predicted molar refractivity (Wildman–Crippen MR) is 108 cm³/mol. The van der Waals surface area contributed by atoms with Gasteiger partial charge in [-0.25, -0.2) is 4.98 Å². The van der Waals surface area contributed by atoms with Crippen molar-refractivity contribution in [2.45, 2.75) is 52.1 Å². The van der Waals surface area contributed by atoms with Crippen LogP contribution in [0.2, 0.25) is 0 Å². The van der Waals surface area contributed by atoms with Crippen LogP contribution in [0.15, 0.2) is 35.4 Å². The van der Waals surface area contributed by atoms with Crippen molar-refractivity contribution in [2.75, 3.05) is 0 Å². The van der Waals surface area contributed by atoms with Crippen LogP contribution >= 0.6 is 11.3 Å². The van der Waals surface area contributed by atoms with Gasteiger partial charge in [0.15, 0.2) is 0 Å². The fourth-order valence-electron chi connectivity index (χ4n) is 3.59. The number of aryl methyl sites for hydroxylation is 3. The van der Waals surface area contributed by atoms with Crippen molar-refractivity contribution in [3.63, 3.8) is 0 Å². The van der Waals surface area contributed by atoms with Crippen LogP contribution in [0, 0.1) is 6.92 Å². The van der Waals surface area contributed by atoms with Crippen LogP contribution < -0.4 is 10.9 Å². The standard InChI is InChI=1S/C21H23N3O2S/c1-14-7-9-15(10-8-14)11-22-18(25)12-24-13-23-20-19(21(24)26)16-5-3-2-4-6-17(16)27-20/h7-10,13H,2-6,11-12H2,1H3,(H,22,25). The molecule has 0 bridgehead atoms. The molecular weight excluding hydrogens is 358 g/mol. The fraction of sp³-hybridized carbons (Fsp3) is 0.381. The van der Waals surface area contributed by atoms with Gasteiger partial charge in [0, 0.05) is 11.4 Å². The van der Waals surface area contributed by atoms with E-state index in [0.717, 1.165) is 35.0 Å². The monoisotopic (exact) mass is 381 g/mol.